The van der Waals surface area contributed by atoms with Crippen LogP contribution in [0, 0.1) is 6.92 Å². The molecule has 0 spiro atoms. The lowest BCUT2D eigenvalue weighted by Crippen LogP contribution is -2.31. The van der Waals surface area contributed by atoms with Crippen molar-refractivity contribution in [2.24, 2.45) is 0 Å². The van der Waals surface area contributed by atoms with Crippen molar-refractivity contribution in [3.05, 3.63) is 58.6 Å². The van der Waals surface area contributed by atoms with E-state index in [1.54, 1.807) is 25.1 Å². The van der Waals surface area contributed by atoms with Gasteiger partial charge in [-0.05, 0) is 69.0 Å². The largest absolute Gasteiger partial charge is 0.351 e. The van der Waals surface area contributed by atoms with Crippen molar-refractivity contribution < 1.29 is 13.2 Å². The molecule has 0 aliphatic heterocycles. The van der Waals surface area contributed by atoms with E-state index in [2.05, 4.69) is 5.32 Å². The van der Waals surface area contributed by atoms with E-state index in [4.69, 9.17) is 11.6 Å². The number of sulfonamides is 1. The fourth-order valence-corrected chi connectivity index (χ4v) is 3.93. The number of carbonyl (C=O) groups excluding carboxylic acids is 1. The average molecular weight is 410 g/mol. The Bertz CT molecular complexity index is 912. The molecule has 0 saturated carbocycles. The summed E-state index contributed by atoms with van der Waals surface area (Å²) in [5.74, 6) is -0.185. The Balaban J connectivity index is 2.21. The SMILES string of the molecule is Cc1cc(C(=O)NCCN(C)C)ccc1N(C)S(=O)(=O)c1ccc(Cl)cc1. The normalized spacial score (nSPS) is 11.5. The molecule has 6 nitrogen and oxygen atoms in total. The van der Waals surface area contributed by atoms with Gasteiger partial charge in [0.2, 0.25) is 0 Å². The number of aryl methyl sites for hydroxylation is 1. The van der Waals surface area contributed by atoms with Crippen molar-refractivity contribution in [2.45, 2.75) is 11.8 Å². The van der Waals surface area contributed by atoms with Gasteiger partial charge in [0.05, 0.1) is 10.6 Å². The Kier molecular flexibility index (Phi) is 6.86. The Morgan fingerprint density at radius 2 is 1.70 bits per heavy atom. The second-order valence-electron chi connectivity index (χ2n) is 6.49. The van der Waals surface area contributed by atoms with E-state index >= 15 is 0 Å². The zero-order valence-corrected chi connectivity index (χ0v) is 17.4. The van der Waals surface area contributed by atoms with Crippen LogP contribution in [0.2, 0.25) is 5.02 Å². The van der Waals surface area contributed by atoms with Crippen LogP contribution in [0.15, 0.2) is 47.4 Å². The maximum absolute atomic E-state index is 12.8. The topological polar surface area (TPSA) is 69.7 Å². The van der Waals surface area contributed by atoms with Gasteiger partial charge < -0.3 is 10.2 Å². The van der Waals surface area contributed by atoms with Crippen LogP contribution in [-0.4, -0.2) is 53.5 Å². The molecule has 2 aromatic carbocycles. The molecule has 0 fully saturated rings. The number of nitrogens with one attached hydrogen (secondary N) is 1. The third kappa shape index (κ3) is 5.22. The van der Waals surface area contributed by atoms with E-state index in [0.29, 0.717) is 28.4 Å². The van der Waals surface area contributed by atoms with E-state index in [-0.39, 0.29) is 10.8 Å². The maximum Gasteiger partial charge on any atom is 0.264 e. The van der Waals surface area contributed by atoms with Crippen LogP contribution in [0.5, 0.6) is 0 Å². The van der Waals surface area contributed by atoms with Gasteiger partial charge >= 0.3 is 0 Å². The summed E-state index contributed by atoms with van der Waals surface area (Å²) in [4.78, 5) is 14.4. The van der Waals surface area contributed by atoms with Gasteiger partial charge in [0.1, 0.15) is 0 Å². The second kappa shape index (κ2) is 8.73. The first kappa shape index (κ1) is 21.2. The van der Waals surface area contributed by atoms with Crippen LogP contribution in [-0.2, 0) is 10.0 Å². The van der Waals surface area contributed by atoms with E-state index in [1.165, 1.54) is 35.6 Å². The van der Waals surface area contributed by atoms with E-state index in [0.717, 1.165) is 6.54 Å². The minimum atomic E-state index is -3.72. The molecule has 8 heteroatoms. The average Bonchev–Trinajstić information content (AvgIpc) is 2.61. The molecule has 0 radical (unpaired) electrons. The van der Waals surface area contributed by atoms with Crippen LogP contribution in [0.3, 0.4) is 0 Å². The lowest BCUT2D eigenvalue weighted by Gasteiger charge is -2.22. The van der Waals surface area contributed by atoms with Gasteiger partial charge in [-0.15, -0.1) is 0 Å². The molecule has 1 amide bonds. The molecule has 1 N–H and O–H groups in total. The zero-order chi connectivity index (χ0) is 20.2. The van der Waals surface area contributed by atoms with Crippen molar-refractivity contribution in [2.75, 3.05) is 38.5 Å². The standard InChI is InChI=1S/C19H24ClN3O3S/c1-14-13-15(19(24)21-11-12-22(2)3)5-10-18(14)23(4)27(25,26)17-8-6-16(20)7-9-17/h5-10,13H,11-12H2,1-4H3,(H,21,24). The molecule has 0 saturated heterocycles. The van der Waals surface area contributed by atoms with Gasteiger partial charge in [0.25, 0.3) is 15.9 Å². The van der Waals surface area contributed by atoms with E-state index in [9.17, 15) is 13.2 Å². The Hall–Kier alpha value is -2.09. The predicted molar refractivity (Wildman–Crippen MR) is 109 cm³/mol. The lowest BCUT2D eigenvalue weighted by molar-refractivity contribution is 0.0951. The number of halogens is 1. The summed E-state index contributed by atoms with van der Waals surface area (Å²) in [6.07, 6.45) is 0. The number of likely N-dealkylation sites (N-methyl/N-ethyl adjacent to an activating group) is 1. The first-order chi connectivity index (χ1) is 12.6. The quantitative estimate of drug-likeness (QED) is 0.763. The number of hydrogen-bond donors (Lipinski definition) is 1. The number of hydrogen-bond acceptors (Lipinski definition) is 4. The van der Waals surface area contributed by atoms with Crippen molar-refractivity contribution >= 4 is 33.2 Å². The first-order valence-corrected chi connectivity index (χ1v) is 10.2. The smallest absolute Gasteiger partial charge is 0.264 e. The summed E-state index contributed by atoms with van der Waals surface area (Å²) in [6.45, 7) is 3.06. The lowest BCUT2D eigenvalue weighted by atomic mass is 10.1. The highest BCUT2D eigenvalue weighted by Crippen LogP contribution is 2.26. The summed E-state index contributed by atoms with van der Waals surface area (Å²) in [6, 6.07) is 11.0. The van der Waals surface area contributed by atoms with Gasteiger partial charge in [0.15, 0.2) is 0 Å². The fourth-order valence-electron chi connectivity index (χ4n) is 2.54. The summed E-state index contributed by atoms with van der Waals surface area (Å²) in [7, 11) is 1.63. The molecule has 0 aliphatic carbocycles. The molecule has 0 aromatic heterocycles. The molecule has 146 valence electrons. The van der Waals surface area contributed by atoms with Crippen LogP contribution < -0.4 is 9.62 Å². The summed E-state index contributed by atoms with van der Waals surface area (Å²) in [5, 5.41) is 3.31. The Morgan fingerprint density at radius 1 is 1.07 bits per heavy atom. The summed E-state index contributed by atoms with van der Waals surface area (Å²) < 4.78 is 26.8. The molecule has 0 heterocycles. The summed E-state index contributed by atoms with van der Waals surface area (Å²) in [5.41, 5.74) is 1.69. The first-order valence-electron chi connectivity index (χ1n) is 8.41. The molecule has 2 rings (SSSR count). The monoisotopic (exact) mass is 409 g/mol. The van der Waals surface area contributed by atoms with Gasteiger partial charge in [-0.2, -0.15) is 0 Å². The summed E-state index contributed by atoms with van der Waals surface area (Å²) >= 11 is 5.84. The van der Waals surface area contributed by atoms with Crippen LogP contribution in [0.1, 0.15) is 15.9 Å². The minimum absolute atomic E-state index is 0.152. The molecule has 0 unspecified atom stereocenters. The minimum Gasteiger partial charge on any atom is -0.351 e. The van der Waals surface area contributed by atoms with Gasteiger partial charge in [-0.1, -0.05) is 11.6 Å². The number of benzene rings is 2. The molecule has 0 atom stereocenters. The van der Waals surface area contributed by atoms with Crippen molar-refractivity contribution in [1.29, 1.82) is 0 Å². The second-order valence-corrected chi connectivity index (χ2v) is 8.89. The number of rotatable bonds is 7. The van der Waals surface area contributed by atoms with Gasteiger partial charge in [0, 0.05) is 30.7 Å². The van der Waals surface area contributed by atoms with Gasteiger partial charge in [-0.3, -0.25) is 9.10 Å². The zero-order valence-electron chi connectivity index (χ0n) is 15.9. The highest BCUT2D eigenvalue weighted by molar-refractivity contribution is 7.92. The fraction of sp³-hybridized carbons (Fsp3) is 0.316. The third-order valence-electron chi connectivity index (χ3n) is 4.11. The molecule has 2 aromatic rings. The highest BCUT2D eigenvalue weighted by Gasteiger charge is 2.23. The van der Waals surface area contributed by atoms with E-state index < -0.39 is 10.0 Å². The third-order valence-corrected chi connectivity index (χ3v) is 6.15. The molecule has 27 heavy (non-hydrogen) atoms. The van der Waals surface area contributed by atoms with Gasteiger partial charge in [-0.25, -0.2) is 8.42 Å². The molecule has 0 bridgehead atoms. The Morgan fingerprint density at radius 3 is 2.26 bits per heavy atom. The predicted octanol–water partition coefficient (Wildman–Crippen LogP) is 2.76. The Labute approximate surface area is 165 Å². The number of anilines is 1. The number of carbonyl (C=O) groups is 1. The van der Waals surface area contributed by atoms with Crippen LogP contribution in [0.25, 0.3) is 0 Å². The molecule has 0 aliphatic rings. The number of amides is 1. The van der Waals surface area contributed by atoms with E-state index in [1.807, 2.05) is 19.0 Å². The van der Waals surface area contributed by atoms with Crippen LogP contribution >= 0.6 is 11.6 Å². The molecular formula is C19H24ClN3O3S. The van der Waals surface area contributed by atoms with Crippen molar-refractivity contribution in [1.82, 2.24) is 10.2 Å². The van der Waals surface area contributed by atoms with Crippen LogP contribution in [0.4, 0.5) is 5.69 Å². The maximum atomic E-state index is 12.8. The molecular weight excluding hydrogens is 386 g/mol. The number of nitrogens with zero attached hydrogens (tertiary/aromatic N) is 2. The van der Waals surface area contributed by atoms with Crippen molar-refractivity contribution in [3.8, 4) is 0 Å². The highest BCUT2D eigenvalue weighted by atomic mass is 35.5. The van der Waals surface area contributed by atoms with Crippen molar-refractivity contribution in [3.63, 3.8) is 0 Å².